The molecule has 0 bridgehead atoms. The van der Waals surface area contributed by atoms with Gasteiger partial charge in [-0.25, -0.2) is 24.1 Å². The number of rotatable bonds is 10. The minimum Gasteiger partial charge on any atom is -0.388 e. The number of phosphoric acid groups is 2. The van der Waals surface area contributed by atoms with Crippen LogP contribution in [0.3, 0.4) is 0 Å². The Morgan fingerprint density at radius 2 is 1.64 bits per heavy atom. The quantitative estimate of drug-likeness (QED) is 0.125. The molecule has 4 rings (SSSR count). The molecule has 20 nitrogen and oxygen atoms in total. The van der Waals surface area contributed by atoms with Crippen LogP contribution in [0.4, 0.5) is 5.82 Å². The second-order valence-corrected chi connectivity index (χ2v) is 11.6. The van der Waals surface area contributed by atoms with E-state index >= 15 is 0 Å². The van der Waals surface area contributed by atoms with Gasteiger partial charge in [0.15, 0.2) is 24.0 Å². The van der Waals surface area contributed by atoms with E-state index in [-0.39, 0.29) is 17.0 Å². The van der Waals surface area contributed by atoms with Crippen LogP contribution in [0.5, 0.6) is 0 Å². The largest absolute Gasteiger partial charge is 0.481 e. The van der Waals surface area contributed by atoms with Crippen LogP contribution in [0.1, 0.15) is 13.2 Å². The van der Waals surface area contributed by atoms with Crippen molar-refractivity contribution in [3.63, 3.8) is 0 Å². The molecular formula is C17H26N6O14P2. The summed E-state index contributed by atoms with van der Waals surface area (Å²) in [7, 11) is -10.7. The molecule has 6 unspecified atom stereocenters. The molecule has 0 aromatic carbocycles. The molecule has 0 radical (unpaired) electrons. The molecule has 0 saturated carbocycles. The second kappa shape index (κ2) is 11.4. The molecule has 2 aliphatic heterocycles. The zero-order chi connectivity index (χ0) is 28.7. The Balaban J connectivity index is 1.32. The highest BCUT2D eigenvalue weighted by Gasteiger charge is 2.47. The van der Waals surface area contributed by atoms with E-state index in [0.29, 0.717) is 0 Å². The number of carbonyl (C=O) groups is 1. The predicted molar refractivity (Wildman–Crippen MR) is 123 cm³/mol. The molecule has 22 heteroatoms. The Morgan fingerprint density at radius 1 is 1.03 bits per heavy atom. The number of nitrogens with one attached hydrogen (secondary N) is 1. The average Bonchev–Trinajstić information content (AvgIpc) is 3.47. The summed E-state index contributed by atoms with van der Waals surface area (Å²) in [5.74, 6) is -0.538. The fraction of sp³-hybridized carbons (Fsp3) is 0.647. The van der Waals surface area contributed by atoms with Crippen molar-refractivity contribution in [3.05, 3.63) is 12.7 Å². The van der Waals surface area contributed by atoms with Crippen molar-refractivity contribution in [2.75, 3.05) is 18.9 Å². The normalized spacial score (nSPS) is 34.1. The maximum absolute atomic E-state index is 12.3. The van der Waals surface area contributed by atoms with Gasteiger partial charge in [-0.3, -0.25) is 18.4 Å². The number of carbonyl (C=O) groups excluding carboxylic acids is 1. The molecule has 2 aliphatic rings. The molecule has 2 saturated heterocycles. The highest BCUT2D eigenvalue weighted by atomic mass is 31.3. The summed E-state index contributed by atoms with van der Waals surface area (Å²) < 4.78 is 49.6. The molecule has 39 heavy (non-hydrogen) atoms. The van der Waals surface area contributed by atoms with E-state index in [1.807, 2.05) is 0 Å². The average molecular weight is 600 g/mol. The predicted octanol–water partition coefficient (Wildman–Crippen LogP) is -3.14. The van der Waals surface area contributed by atoms with Crippen molar-refractivity contribution < 1.29 is 67.0 Å². The minimum atomic E-state index is -5.33. The Bertz CT molecular complexity index is 1300. The van der Waals surface area contributed by atoms with Crippen LogP contribution in [0.2, 0.25) is 0 Å². The number of hydrogen-bond donors (Lipinski definition) is 8. The summed E-state index contributed by atoms with van der Waals surface area (Å²) in [6, 6.07) is -1.26. The van der Waals surface area contributed by atoms with E-state index in [1.54, 1.807) is 0 Å². The van der Waals surface area contributed by atoms with Crippen molar-refractivity contribution >= 4 is 38.5 Å². The van der Waals surface area contributed by atoms with Gasteiger partial charge in [0.25, 0.3) is 0 Å². The summed E-state index contributed by atoms with van der Waals surface area (Å²) in [6.45, 7) is -0.659. The van der Waals surface area contributed by atoms with Gasteiger partial charge in [-0.05, 0) is 0 Å². The summed E-state index contributed by atoms with van der Waals surface area (Å²) >= 11 is 0. The first-order valence-corrected chi connectivity index (χ1v) is 14.1. The minimum absolute atomic E-state index is 0.0541. The lowest BCUT2D eigenvalue weighted by atomic mass is 10.1. The molecule has 10 atom stereocenters. The monoisotopic (exact) mass is 600 g/mol. The molecule has 1 amide bonds. The van der Waals surface area contributed by atoms with E-state index in [4.69, 9.17) is 15.2 Å². The van der Waals surface area contributed by atoms with Crippen molar-refractivity contribution in [1.82, 2.24) is 24.8 Å². The number of nitrogens with zero attached hydrogens (tertiary/aromatic N) is 4. The molecule has 2 aromatic rings. The Morgan fingerprint density at radius 3 is 2.26 bits per heavy atom. The number of phosphoric ester groups is 2. The molecular weight excluding hydrogens is 574 g/mol. The Kier molecular flexibility index (Phi) is 8.70. The Labute approximate surface area is 218 Å². The third-order valence-electron chi connectivity index (χ3n) is 5.75. The molecule has 9 N–H and O–H groups in total. The van der Waals surface area contributed by atoms with Crippen molar-refractivity contribution in [3.8, 4) is 0 Å². The summed E-state index contributed by atoms with van der Waals surface area (Å²) in [6.07, 6.45) is -8.18. The zero-order valence-corrected chi connectivity index (χ0v) is 21.7. The molecule has 2 aromatic heterocycles. The molecule has 2 fully saturated rings. The van der Waals surface area contributed by atoms with Crippen LogP contribution in [0.25, 0.3) is 11.2 Å². The summed E-state index contributed by atoms with van der Waals surface area (Å²) in [5, 5.41) is 42.9. The summed E-state index contributed by atoms with van der Waals surface area (Å²) in [5.41, 5.74) is 6.09. The first-order chi connectivity index (χ1) is 18.2. The first-order valence-electron chi connectivity index (χ1n) is 11.1. The van der Waals surface area contributed by atoms with Gasteiger partial charge in [0.05, 0.1) is 19.5 Å². The first kappa shape index (κ1) is 29.8. The maximum atomic E-state index is 12.3. The van der Waals surface area contributed by atoms with Crippen molar-refractivity contribution in [1.29, 1.82) is 0 Å². The lowest BCUT2D eigenvalue weighted by Gasteiger charge is -2.21. The number of ether oxygens (including phenoxy) is 2. The molecule has 0 aliphatic carbocycles. The summed E-state index contributed by atoms with van der Waals surface area (Å²) in [4.78, 5) is 42.7. The number of nitrogens with two attached hydrogens (primary N) is 1. The molecule has 4 heterocycles. The SMILES string of the molecule is CC(=O)N[C@@H]1C(O)O[C@H](COP(=O)(O)OP(=O)(O)OC[C@@H]2O[C@H](n3cnc4c(N)ncnc43)C(O)C2O)C1O. The second-order valence-electron chi connectivity index (χ2n) is 8.52. The Hall–Kier alpha value is -2.16. The van der Waals surface area contributed by atoms with Gasteiger partial charge >= 0.3 is 15.6 Å². The van der Waals surface area contributed by atoms with Gasteiger partial charge < -0.3 is 50.7 Å². The number of aliphatic hydroxyl groups is 4. The van der Waals surface area contributed by atoms with E-state index in [9.17, 15) is 44.1 Å². The number of amides is 1. The van der Waals surface area contributed by atoms with Gasteiger partial charge in [-0.1, -0.05) is 0 Å². The van der Waals surface area contributed by atoms with E-state index in [1.165, 1.54) is 10.9 Å². The smallest absolute Gasteiger partial charge is 0.388 e. The highest BCUT2D eigenvalue weighted by Crippen LogP contribution is 2.60. The molecule has 218 valence electrons. The van der Waals surface area contributed by atoms with Crippen LogP contribution < -0.4 is 11.1 Å². The molecule has 0 spiro atoms. The number of aliphatic hydroxyl groups excluding tert-OH is 4. The maximum Gasteiger partial charge on any atom is 0.481 e. The highest BCUT2D eigenvalue weighted by molar-refractivity contribution is 7.61. The third kappa shape index (κ3) is 6.60. The van der Waals surface area contributed by atoms with E-state index < -0.39 is 83.8 Å². The standard InChI is InChI=1S/C17H26N6O14P2/c1-6(24)22-9-11(25)7(36-17(9)28)2-33-38(29,30)37-39(31,32)34-3-8-12(26)13(27)16(35-8)23-5-21-10-14(18)19-4-20-15(10)23/h4-5,7-9,11-13,16-17,25-28H,2-3H2,1H3,(H,22,24)(H,29,30)(H,31,32)(H2,18,19,20)/t7-,8+,9+,11?,12?,13?,16+,17?/m1/s1. The van der Waals surface area contributed by atoms with Crippen LogP contribution >= 0.6 is 15.6 Å². The van der Waals surface area contributed by atoms with Gasteiger partial charge in [-0.2, -0.15) is 4.31 Å². The number of nitrogen functional groups attached to an aromatic ring is 1. The van der Waals surface area contributed by atoms with Crippen molar-refractivity contribution in [2.45, 2.75) is 56.0 Å². The lowest BCUT2D eigenvalue weighted by molar-refractivity contribution is -0.126. The van der Waals surface area contributed by atoms with Gasteiger partial charge in [0, 0.05) is 6.92 Å². The lowest BCUT2D eigenvalue weighted by Crippen LogP contribution is -2.47. The van der Waals surface area contributed by atoms with Gasteiger partial charge in [0.1, 0.15) is 48.4 Å². The number of aromatic nitrogens is 4. The van der Waals surface area contributed by atoms with Crippen molar-refractivity contribution in [2.24, 2.45) is 0 Å². The van der Waals surface area contributed by atoms with Crippen LogP contribution in [-0.2, 0) is 36.8 Å². The number of imidazole rings is 1. The van der Waals surface area contributed by atoms with Gasteiger partial charge in [0.2, 0.25) is 5.91 Å². The number of anilines is 1. The fourth-order valence-electron chi connectivity index (χ4n) is 3.94. The van der Waals surface area contributed by atoms with Crippen LogP contribution in [0.15, 0.2) is 12.7 Å². The number of fused-ring (bicyclic) bond motifs is 1. The van der Waals surface area contributed by atoms with E-state index in [2.05, 4.69) is 33.6 Å². The fourth-order valence-corrected chi connectivity index (χ4v) is 6.03. The zero-order valence-electron chi connectivity index (χ0n) is 19.9. The number of hydrogen-bond acceptors (Lipinski definition) is 16. The van der Waals surface area contributed by atoms with Gasteiger partial charge in [-0.15, -0.1) is 0 Å². The van der Waals surface area contributed by atoms with Crippen LogP contribution in [-0.4, -0.2) is 112 Å². The topological polar surface area (TPSA) is 300 Å². The third-order valence-corrected chi connectivity index (χ3v) is 8.35. The van der Waals surface area contributed by atoms with E-state index in [0.717, 1.165) is 13.3 Å². The van der Waals surface area contributed by atoms with Crippen LogP contribution in [0, 0.1) is 0 Å².